The van der Waals surface area contributed by atoms with Crippen LogP contribution in [0.15, 0.2) is 0 Å². The first-order valence-corrected chi connectivity index (χ1v) is 6.45. The van der Waals surface area contributed by atoms with E-state index in [1.807, 2.05) is 13.8 Å². The zero-order valence-corrected chi connectivity index (χ0v) is 12.5. The number of halogens is 1. The van der Waals surface area contributed by atoms with Crippen LogP contribution in [0.3, 0.4) is 0 Å². The maximum atomic E-state index is 9.89. The minimum atomic E-state index is -0.586. The minimum absolute atomic E-state index is 0. The van der Waals surface area contributed by atoms with E-state index < -0.39 is 11.7 Å². The Hall–Kier alpha value is -0.270. The van der Waals surface area contributed by atoms with E-state index in [9.17, 15) is 5.11 Å². The smallest absolute Gasteiger partial charge is 0.122 e. The Kier molecular flexibility index (Phi) is 7.89. The molecule has 1 atom stereocenters. The Morgan fingerprint density at radius 3 is 2.50 bits per heavy atom. The summed E-state index contributed by atoms with van der Waals surface area (Å²) in [5.41, 5.74) is -0.586. The number of rotatable bonds is 5. The van der Waals surface area contributed by atoms with Crippen molar-refractivity contribution in [3.8, 4) is 12.3 Å². The van der Waals surface area contributed by atoms with E-state index in [0.717, 1.165) is 19.0 Å². The monoisotopic (exact) mass is 275 g/mol. The lowest BCUT2D eigenvalue weighted by atomic mass is 9.99. The van der Waals surface area contributed by atoms with Crippen molar-refractivity contribution < 1.29 is 9.84 Å². The van der Waals surface area contributed by atoms with E-state index in [-0.39, 0.29) is 12.4 Å². The molecule has 0 spiro atoms. The number of nitrogens with zero attached hydrogens (tertiary/aromatic N) is 1. The summed E-state index contributed by atoms with van der Waals surface area (Å²) in [5.74, 6) is 3.38. The fourth-order valence-corrected chi connectivity index (χ4v) is 1.94. The predicted molar refractivity (Wildman–Crippen MR) is 77.0 cm³/mol. The van der Waals surface area contributed by atoms with Gasteiger partial charge in [-0.25, -0.2) is 0 Å². The van der Waals surface area contributed by atoms with Crippen molar-refractivity contribution >= 4 is 12.4 Å². The highest BCUT2D eigenvalue weighted by molar-refractivity contribution is 5.85. The van der Waals surface area contributed by atoms with Crippen molar-refractivity contribution in [3.63, 3.8) is 0 Å². The SMILES string of the molecule is C#CC(C)(C)OCC(O)CN1CCC(C)CC1.Cl. The van der Waals surface area contributed by atoms with Crippen LogP contribution in [0, 0.1) is 18.3 Å². The molecule has 0 amide bonds. The van der Waals surface area contributed by atoms with E-state index in [1.54, 1.807) is 0 Å². The minimum Gasteiger partial charge on any atom is -0.389 e. The van der Waals surface area contributed by atoms with Crippen molar-refractivity contribution in [2.24, 2.45) is 5.92 Å². The number of hydrogen-bond donors (Lipinski definition) is 1. The summed E-state index contributed by atoms with van der Waals surface area (Å²) in [6.45, 7) is 9.11. The molecule has 1 fully saturated rings. The van der Waals surface area contributed by atoms with Gasteiger partial charge in [0.25, 0.3) is 0 Å². The maximum absolute atomic E-state index is 9.89. The second kappa shape index (κ2) is 8.01. The molecule has 1 unspecified atom stereocenters. The van der Waals surface area contributed by atoms with Crippen molar-refractivity contribution in [1.82, 2.24) is 4.90 Å². The molecule has 106 valence electrons. The maximum Gasteiger partial charge on any atom is 0.122 e. The van der Waals surface area contributed by atoms with Gasteiger partial charge in [-0.1, -0.05) is 12.8 Å². The number of aliphatic hydroxyl groups excluding tert-OH is 1. The summed E-state index contributed by atoms with van der Waals surface area (Å²) in [6.07, 6.45) is 7.33. The van der Waals surface area contributed by atoms with Crippen LogP contribution in [0.1, 0.15) is 33.6 Å². The average molecular weight is 276 g/mol. The van der Waals surface area contributed by atoms with Crippen LogP contribution < -0.4 is 0 Å². The molecule has 1 aliphatic rings. The number of β-amino-alcohol motifs (C(OH)–C–C–N with tert-alkyl or cyclic N) is 1. The van der Waals surface area contributed by atoms with Gasteiger partial charge in [-0.15, -0.1) is 18.8 Å². The van der Waals surface area contributed by atoms with Crippen LogP contribution in [0.4, 0.5) is 0 Å². The number of aliphatic hydroxyl groups is 1. The summed E-state index contributed by atoms with van der Waals surface area (Å²) in [4.78, 5) is 2.30. The Bertz CT molecular complexity index is 267. The van der Waals surface area contributed by atoms with Crippen LogP contribution in [0.2, 0.25) is 0 Å². The third kappa shape index (κ3) is 6.61. The normalized spacial score (nSPS) is 19.9. The summed E-state index contributed by atoms with van der Waals surface area (Å²) in [7, 11) is 0. The lowest BCUT2D eigenvalue weighted by Crippen LogP contribution is -2.41. The highest BCUT2D eigenvalue weighted by Gasteiger charge is 2.20. The summed E-state index contributed by atoms with van der Waals surface area (Å²) >= 11 is 0. The van der Waals surface area contributed by atoms with E-state index in [4.69, 9.17) is 11.2 Å². The molecule has 0 saturated carbocycles. The van der Waals surface area contributed by atoms with Crippen molar-refractivity contribution in [2.45, 2.75) is 45.3 Å². The van der Waals surface area contributed by atoms with Crippen molar-refractivity contribution in [3.05, 3.63) is 0 Å². The molecule has 0 aromatic rings. The Balaban J connectivity index is 0.00000289. The summed E-state index contributed by atoms with van der Waals surface area (Å²) in [5, 5.41) is 9.89. The largest absolute Gasteiger partial charge is 0.389 e. The number of ether oxygens (including phenoxy) is 1. The molecule has 0 aromatic carbocycles. The summed E-state index contributed by atoms with van der Waals surface area (Å²) in [6, 6.07) is 0. The molecule has 3 nitrogen and oxygen atoms in total. The first-order chi connectivity index (χ1) is 7.93. The van der Waals surface area contributed by atoms with Crippen molar-refractivity contribution in [1.29, 1.82) is 0 Å². The van der Waals surface area contributed by atoms with E-state index >= 15 is 0 Å². The highest BCUT2D eigenvalue weighted by Crippen LogP contribution is 2.16. The Labute approximate surface area is 117 Å². The molecular weight excluding hydrogens is 250 g/mol. The van der Waals surface area contributed by atoms with Gasteiger partial charge in [0.2, 0.25) is 0 Å². The van der Waals surface area contributed by atoms with Crippen LogP contribution in [-0.4, -0.2) is 48.0 Å². The predicted octanol–water partition coefficient (Wildman–Crippen LogP) is 1.93. The first-order valence-electron chi connectivity index (χ1n) is 6.45. The third-order valence-corrected chi connectivity index (χ3v) is 3.33. The van der Waals surface area contributed by atoms with Gasteiger partial charge in [0.15, 0.2) is 0 Å². The molecule has 1 heterocycles. The molecule has 18 heavy (non-hydrogen) atoms. The second-order valence-corrected chi connectivity index (χ2v) is 5.60. The van der Waals surface area contributed by atoms with Gasteiger partial charge in [0.1, 0.15) is 5.60 Å². The van der Waals surface area contributed by atoms with Gasteiger partial charge in [-0.2, -0.15) is 0 Å². The Morgan fingerprint density at radius 2 is 2.00 bits per heavy atom. The van der Waals surface area contributed by atoms with Gasteiger partial charge >= 0.3 is 0 Å². The Morgan fingerprint density at radius 1 is 1.44 bits per heavy atom. The molecule has 0 radical (unpaired) electrons. The average Bonchev–Trinajstić information content (AvgIpc) is 2.30. The van der Waals surface area contributed by atoms with Gasteiger partial charge in [-0.05, 0) is 45.7 Å². The fraction of sp³-hybridized carbons (Fsp3) is 0.857. The fourth-order valence-electron chi connectivity index (χ4n) is 1.94. The highest BCUT2D eigenvalue weighted by atomic mass is 35.5. The number of piperidine rings is 1. The van der Waals surface area contributed by atoms with Gasteiger partial charge in [0, 0.05) is 6.54 Å². The zero-order valence-electron chi connectivity index (χ0n) is 11.7. The van der Waals surface area contributed by atoms with Crippen molar-refractivity contribution in [2.75, 3.05) is 26.2 Å². The molecule has 1 aliphatic heterocycles. The lowest BCUT2D eigenvalue weighted by Gasteiger charge is -2.32. The third-order valence-electron chi connectivity index (χ3n) is 3.33. The van der Waals surface area contributed by atoms with Crippen LogP contribution in [0.25, 0.3) is 0 Å². The van der Waals surface area contributed by atoms with Gasteiger partial charge < -0.3 is 14.7 Å². The second-order valence-electron chi connectivity index (χ2n) is 5.60. The molecule has 4 heteroatoms. The van der Waals surface area contributed by atoms with Gasteiger partial charge in [0.05, 0.1) is 12.7 Å². The van der Waals surface area contributed by atoms with E-state index in [2.05, 4.69) is 17.7 Å². The van der Waals surface area contributed by atoms with E-state index in [0.29, 0.717) is 13.2 Å². The topological polar surface area (TPSA) is 32.7 Å². The van der Waals surface area contributed by atoms with Crippen LogP contribution >= 0.6 is 12.4 Å². The number of terminal acetylenes is 1. The molecular formula is C14H26ClNO2. The quantitative estimate of drug-likeness (QED) is 0.779. The van der Waals surface area contributed by atoms with Crippen LogP contribution in [0.5, 0.6) is 0 Å². The number of likely N-dealkylation sites (tertiary alicyclic amines) is 1. The molecule has 1 rings (SSSR count). The number of hydrogen-bond acceptors (Lipinski definition) is 3. The first kappa shape index (κ1) is 17.7. The standard InChI is InChI=1S/C14H25NO2.ClH/c1-5-14(3,4)17-11-13(16)10-15-8-6-12(2)7-9-15;/h1,12-13,16H,6-11H2,2-4H3;1H. The molecule has 0 bridgehead atoms. The molecule has 1 saturated heterocycles. The zero-order chi connectivity index (χ0) is 12.9. The van der Waals surface area contributed by atoms with Crippen LogP contribution in [-0.2, 0) is 4.74 Å². The molecule has 0 aliphatic carbocycles. The lowest BCUT2D eigenvalue weighted by molar-refractivity contribution is -0.0395. The summed E-state index contributed by atoms with van der Waals surface area (Å²) < 4.78 is 5.49. The molecule has 0 aromatic heterocycles. The van der Waals surface area contributed by atoms with E-state index in [1.165, 1.54) is 12.8 Å². The van der Waals surface area contributed by atoms with Gasteiger partial charge in [-0.3, -0.25) is 0 Å². The molecule has 1 N–H and O–H groups in total.